The average Bonchev–Trinajstić information content (AvgIpc) is 2.46. The van der Waals surface area contributed by atoms with Gasteiger partial charge in [0.2, 0.25) is 10.0 Å². The van der Waals surface area contributed by atoms with E-state index in [1.54, 1.807) is 6.92 Å². The van der Waals surface area contributed by atoms with Crippen LogP contribution in [0.4, 0.5) is 0 Å². The minimum atomic E-state index is -3.95. The maximum absolute atomic E-state index is 12.6. The largest absolute Gasteiger partial charge is 0.478 e. The molecule has 1 fully saturated rings. The molecule has 0 aliphatic carbocycles. The van der Waals surface area contributed by atoms with Crippen molar-refractivity contribution in [2.24, 2.45) is 0 Å². The molecule has 1 heterocycles. The first kappa shape index (κ1) is 15.9. The molecule has 116 valence electrons. The summed E-state index contributed by atoms with van der Waals surface area (Å²) in [6.45, 7) is 1.52. The summed E-state index contributed by atoms with van der Waals surface area (Å²) in [4.78, 5) is 10.9. The molecule has 8 heteroatoms. The molecule has 0 spiro atoms. The molecule has 2 unspecified atom stereocenters. The topological polar surface area (TPSA) is 104 Å². The summed E-state index contributed by atoms with van der Waals surface area (Å²) in [5, 5.41) is 18.3. The van der Waals surface area contributed by atoms with Crippen LogP contribution in [-0.2, 0) is 14.8 Å². The first-order valence-electron chi connectivity index (χ1n) is 6.45. The normalized spacial score (nSPS) is 23.9. The Balaban J connectivity index is 2.40. The Hall–Kier alpha value is -1.48. The lowest BCUT2D eigenvalue weighted by molar-refractivity contribution is -0.0750. The highest BCUT2D eigenvalue weighted by molar-refractivity contribution is 7.89. The van der Waals surface area contributed by atoms with Gasteiger partial charge < -0.3 is 14.9 Å². The molecule has 1 aliphatic rings. The predicted molar refractivity (Wildman–Crippen MR) is 73.6 cm³/mol. The molecule has 0 radical (unpaired) electrons. The number of nitrogens with zero attached hydrogens (tertiary/aromatic N) is 1. The van der Waals surface area contributed by atoms with E-state index in [0.29, 0.717) is 0 Å². The van der Waals surface area contributed by atoms with Gasteiger partial charge in [-0.05, 0) is 19.1 Å². The molecular weight excluding hydrogens is 298 g/mol. The van der Waals surface area contributed by atoms with E-state index in [-0.39, 0.29) is 36.3 Å². The fourth-order valence-corrected chi connectivity index (χ4v) is 4.04. The number of hydrogen-bond acceptors (Lipinski definition) is 5. The lowest BCUT2D eigenvalue weighted by Gasteiger charge is -2.35. The van der Waals surface area contributed by atoms with Crippen molar-refractivity contribution in [3.05, 3.63) is 29.8 Å². The molecule has 0 aromatic heterocycles. The molecule has 1 aromatic rings. The van der Waals surface area contributed by atoms with E-state index in [1.165, 1.54) is 24.3 Å². The highest BCUT2D eigenvalue weighted by Crippen LogP contribution is 2.23. The zero-order chi connectivity index (χ0) is 15.6. The smallest absolute Gasteiger partial charge is 0.337 e. The third kappa shape index (κ3) is 3.24. The fourth-order valence-electron chi connectivity index (χ4n) is 2.31. The minimum Gasteiger partial charge on any atom is -0.478 e. The van der Waals surface area contributed by atoms with Crippen LogP contribution in [0.1, 0.15) is 17.3 Å². The third-order valence-corrected chi connectivity index (χ3v) is 5.12. The zero-order valence-corrected chi connectivity index (χ0v) is 12.3. The second-order valence-corrected chi connectivity index (χ2v) is 6.78. The lowest BCUT2D eigenvalue weighted by atomic mass is 10.2. The molecular formula is C13H17NO6S. The Morgan fingerprint density at radius 3 is 2.67 bits per heavy atom. The van der Waals surface area contributed by atoms with Crippen LogP contribution < -0.4 is 0 Å². The van der Waals surface area contributed by atoms with Crippen molar-refractivity contribution in [1.29, 1.82) is 0 Å². The molecule has 21 heavy (non-hydrogen) atoms. The van der Waals surface area contributed by atoms with Crippen LogP contribution in [-0.4, -0.2) is 60.8 Å². The number of aliphatic hydroxyl groups excluding tert-OH is 1. The summed E-state index contributed by atoms with van der Waals surface area (Å²) in [7, 11) is -3.95. The SMILES string of the molecule is CC1CN(S(=O)(=O)c2ccccc2C(=O)O)CC(CO)O1. The van der Waals surface area contributed by atoms with Gasteiger partial charge in [-0.15, -0.1) is 0 Å². The number of carbonyl (C=O) groups is 1. The van der Waals surface area contributed by atoms with Gasteiger partial charge in [-0.1, -0.05) is 12.1 Å². The Kier molecular flexibility index (Phi) is 4.62. The van der Waals surface area contributed by atoms with Crippen LogP contribution in [0.15, 0.2) is 29.2 Å². The van der Waals surface area contributed by atoms with Crippen molar-refractivity contribution in [3.63, 3.8) is 0 Å². The Bertz CT molecular complexity index is 629. The van der Waals surface area contributed by atoms with Crippen LogP contribution in [0.5, 0.6) is 0 Å². The number of carboxylic acids is 1. The number of sulfonamides is 1. The molecule has 0 amide bonds. The molecule has 1 aromatic carbocycles. The lowest BCUT2D eigenvalue weighted by Crippen LogP contribution is -2.50. The second kappa shape index (κ2) is 6.10. The van der Waals surface area contributed by atoms with E-state index in [9.17, 15) is 13.2 Å². The summed E-state index contributed by atoms with van der Waals surface area (Å²) < 4.78 is 31.8. The van der Waals surface area contributed by atoms with Crippen LogP contribution in [0.2, 0.25) is 0 Å². The number of ether oxygens (including phenoxy) is 1. The first-order chi connectivity index (χ1) is 9.86. The molecule has 2 rings (SSSR count). The summed E-state index contributed by atoms with van der Waals surface area (Å²) in [5.74, 6) is -1.30. The fraction of sp³-hybridized carbons (Fsp3) is 0.462. The number of morpholine rings is 1. The highest BCUT2D eigenvalue weighted by Gasteiger charge is 2.35. The van der Waals surface area contributed by atoms with Gasteiger partial charge in [0, 0.05) is 13.1 Å². The maximum Gasteiger partial charge on any atom is 0.337 e. The molecule has 2 N–H and O–H groups in total. The van der Waals surface area contributed by atoms with Crippen molar-refractivity contribution in [3.8, 4) is 0 Å². The molecule has 0 saturated carbocycles. The zero-order valence-electron chi connectivity index (χ0n) is 11.5. The van der Waals surface area contributed by atoms with Crippen molar-refractivity contribution in [2.75, 3.05) is 19.7 Å². The van der Waals surface area contributed by atoms with Crippen molar-refractivity contribution >= 4 is 16.0 Å². The molecule has 7 nitrogen and oxygen atoms in total. The van der Waals surface area contributed by atoms with Gasteiger partial charge in [0.1, 0.15) is 0 Å². The van der Waals surface area contributed by atoms with Gasteiger partial charge in [-0.25, -0.2) is 13.2 Å². The quantitative estimate of drug-likeness (QED) is 0.820. The number of aromatic carboxylic acids is 1. The summed E-state index contributed by atoms with van der Waals surface area (Å²) in [6.07, 6.45) is -0.983. The Morgan fingerprint density at radius 2 is 2.05 bits per heavy atom. The predicted octanol–water partition coefficient (Wildman–Crippen LogP) is 0.155. The number of aliphatic hydroxyl groups is 1. The minimum absolute atomic E-state index is 0.00285. The molecule has 1 aliphatic heterocycles. The number of benzene rings is 1. The van der Waals surface area contributed by atoms with Crippen molar-refractivity contribution in [1.82, 2.24) is 4.31 Å². The Labute approximate surface area is 122 Å². The van der Waals surface area contributed by atoms with E-state index in [0.717, 1.165) is 4.31 Å². The number of hydrogen-bond donors (Lipinski definition) is 2. The highest BCUT2D eigenvalue weighted by atomic mass is 32.2. The van der Waals surface area contributed by atoms with Crippen LogP contribution in [0.25, 0.3) is 0 Å². The van der Waals surface area contributed by atoms with Crippen molar-refractivity contribution in [2.45, 2.75) is 24.0 Å². The van der Waals surface area contributed by atoms with Crippen LogP contribution in [0.3, 0.4) is 0 Å². The van der Waals surface area contributed by atoms with E-state index >= 15 is 0 Å². The van der Waals surface area contributed by atoms with Gasteiger partial charge >= 0.3 is 5.97 Å². The third-order valence-electron chi connectivity index (χ3n) is 3.23. The van der Waals surface area contributed by atoms with E-state index in [2.05, 4.69) is 0 Å². The Morgan fingerprint density at radius 1 is 1.38 bits per heavy atom. The van der Waals surface area contributed by atoms with Gasteiger partial charge in [-0.3, -0.25) is 0 Å². The van der Waals surface area contributed by atoms with Gasteiger partial charge in [0.15, 0.2) is 0 Å². The summed E-state index contributed by atoms with van der Waals surface area (Å²) in [5.41, 5.74) is -0.266. The number of carboxylic acid groups (broad SMARTS) is 1. The van der Waals surface area contributed by atoms with E-state index in [4.69, 9.17) is 14.9 Å². The molecule has 1 saturated heterocycles. The second-order valence-electron chi connectivity index (χ2n) is 4.87. The first-order valence-corrected chi connectivity index (χ1v) is 7.89. The molecule has 0 bridgehead atoms. The maximum atomic E-state index is 12.6. The van der Waals surface area contributed by atoms with Crippen LogP contribution >= 0.6 is 0 Å². The van der Waals surface area contributed by atoms with E-state index < -0.39 is 22.1 Å². The number of rotatable bonds is 4. The van der Waals surface area contributed by atoms with Gasteiger partial charge in [0.05, 0.1) is 29.3 Å². The summed E-state index contributed by atoms with van der Waals surface area (Å²) in [6, 6.07) is 5.48. The van der Waals surface area contributed by atoms with Gasteiger partial charge in [0.25, 0.3) is 0 Å². The average molecular weight is 315 g/mol. The molecule has 2 atom stereocenters. The van der Waals surface area contributed by atoms with Crippen molar-refractivity contribution < 1.29 is 28.2 Å². The summed E-state index contributed by atoms with van der Waals surface area (Å²) >= 11 is 0. The van der Waals surface area contributed by atoms with Gasteiger partial charge in [-0.2, -0.15) is 4.31 Å². The monoisotopic (exact) mass is 315 g/mol. The van der Waals surface area contributed by atoms with E-state index in [1.807, 2.05) is 0 Å². The standard InChI is InChI=1S/C13H17NO6S/c1-9-6-14(7-10(8-15)20-9)21(18,19)12-5-3-2-4-11(12)13(16)17/h2-5,9-10,15H,6-8H2,1H3,(H,16,17). The van der Waals surface area contributed by atoms with Crippen LogP contribution in [0, 0.1) is 0 Å².